The van der Waals surface area contributed by atoms with Crippen molar-refractivity contribution in [3.8, 4) is 5.69 Å². The van der Waals surface area contributed by atoms with Gasteiger partial charge in [0.1, 0.15) is 19.7 Å². The molecule has 2 radical (unpaired) electrons. The summed E-state index contributed by atoms with van der Waals surface area (Å²) < 4.78 is 6.82. The zero-order valence-electron chi connectivity index (χ0n) is 18.6. The van der Waals surface area contributed by atoms with E-state index in [1.807, 2.05) is 18.2 Å². The van der Waals surface area contributed by atoms with Crippen LogP contribution in [-0.4, -0.2) is 67.0 Å². The standard InChI is InChI=1S/C24H26BN5O3/c1-33-14-16-2-4-18(30-15-27-21-12-17(25)3-5-19(21)22(30)31)13-20(16)28-23(32)24(6-7-24)29-10-8-26-9-11-29/h2-5,12-13,15,26H,6-11,14H2,1H3,(H,28,32). The quantitative estimate of drug-likeness (QED) is 0.546. The first-order valence-electron chi connectivity index (χ1n) is 11.2. The van der Waals surface area contributed by atoms with Gasteiger partial charge in [0.2, 0.25) is 5.91 Å². The van der Waals surface area contributed by atoms with Crippen LogP contribution in [-0.2, 0) is 16.1 Å². The van der Waals surface area contributed by atoms with Gasteiger partial charge in [0, 0.05) is 44.5 Å². The van der Waals surface area contributed by atoms with E-state index in [9.17, 15) is 9.59 Å². The largest absolute Gasteiger partial charge is 0.380 e. The lowest BCUT2D eigenvalue weighted by Gasteiger charge is -2.34. The Kier molecular flexibility index (Phi) is 5.78. The molecule has 2 fully saturated rings. The number of benzene rings is 2. The van der Waals surface area contributed by atoms with E-state index in [-0.39, 0.29) is 11.5 Å². The van der Waals surface area contributed by atoms with Gasteiger partial charge in [-0.2, -0.15) is 0 Å². The number of amides is 1. The number of nitrogens with one attached hydrogen (secondary N) is 2. The van der Waals surface area contributed by atoms with Gasteiger partial charge in [-0.1, -0.05) is 17.6 Å². The summed E-state index contributed by atoms with van der Waals surface area (Å²) >= 11 is 0. The molecule has 2 aromatic carbocycles. The van der Waals surface area contributed by atoms with Crippen molar-refractivity contribution in [1.82, 2.24) is 19.8 Å². The Morgan fingerprint density at radius 3 is 2.73 bits per heavy atom. The van der Waals surface area contributed by atoms with Crippen LogP contribution in [0.4, 0.5) is 5.69 Å². The van der Waals surface area contributed by atoms with Gasteiger partial charge in [0.05, 0.1) is 23.2 Å². The molecule has 3 aromatic rings. The van der Waals surface area contributed by atoms with E-state index >= 15 is 0 Å². The van der Waals surface area contributed by atoms with E-state index in [1.165, 1.54) is 10.9 Å². The number of rotatable bonds is 6. The van der Waals surface area contributed by atoms with Gasteiger partial charge in [-0.3, -0.25) is 19.1 Å². The summed E-state index contributed by atoms with van der Waals surface area (Å²) in [6, 6.07) is 10.6. The Bertz CT molecular complexity index is 1260. The monoisotopic (exact) mass is 443 g/mol. The van der Waals surface area contributed by atoms with Crippen LogP contribution in [0.3, 0.4) is 0 Å². The van der Waals surface area contributed by atoms with Crippen molar-refractivity contribution in [3.05, 3.63) is 58.6 Å². The number of aromatic nitrogens is 2. The van der Waals surface area contributed by atoms with Crippen molar-refractivity contribution >= 4 is 35.8 Å². The highest BCUT2D eigenvalue weighted by Crippen LogP contribution is 2.43. The third kappa shape index (κ3) is 4.08. The Morgan fingerprint density at radius 1 is 1.21 bits per heavy atom. The minimum atomic E-state index is -0.441. The average molecular weight is 443 g/mol. The summed E-state index contributed by atoms with van der Waals surface area (Å²) in [5, 5.41) is 6.96. The lowest BCUT2D eigenvalue weighted by atomic mass is 9.95. The van der Waals surface area contributed by atoms with Crippen LogP contribution in [0.15, 0.2) is 47.5 Å². The summed E-state index contributed by atoms with van der Waals surface area (Å²) in [5.74, 6) is -0.00152. The fraction of sp³-hybridized carbons (Fsp3) is 0.375. The summed E-state index contributed by atoms with van der Waals surface area (Å²) in [5.41, 5.74) is 2.58. The summed E-state index contributed by atoms with van der Waals surface area (Å²) in [4.78, 5) is 33.2. The number of fused-ring (bicyclic) bond motifs is 1. The normalized spacial score (nSPS) is 17.7. The third-order valence-electron chi connectivity index (χ3n) is 6.57. The van der Waals surface area contributed by atoms with Crippen LogP contribution < -0.4 is 21.7 Å². The van der Waals surface area contributed by atoms with Crippen LogP contribution in [0.1, 0.15) is 18.4 Å². The highest BCUT2D eigenvalue weighted by Gasteiger charge is 2.54. The third-order valence-corrected chi connectivity index (χ3v) is 6.57. The minimum Gasteiger partial charge on any atom is -0.380 e. The molecule has 1 aromatic heterocycles. The molecule has 0 atom stereocenters. The van der Waals surface area contributed by atoms with E-state index in [1.54, 1.807) is 25.3 Å². The van der Waals surface area contributed by atoms with Crippen molar-refractivity contribution in [2.24, 2.45) is 0 Å². The molecule has 1 amide bonds. The van der Waals surface area contributed by atoms with Crippen molar-refractivity contribution < 1.29 is 9.53 Å². The maximum Gasteiger partial charge on any atom is 0.265 e. The highest BCUT2D eigenvalue weighted by molar-refractivity contribution is 6.33. The molecular weight excluding hydrogens is 417 g/mol. The number of hydrogen-bond donors (Lipinski definition) is 2. The SMILES string of the molecule is [B]c1ccc2c(=O)n(-c3ccc(COC)c(NC(=O)C4(N5CCNCC5)CC4)c3)cnc2c1. The van der Waals surface area contributed by atoms with Crippen LogP contribution in [0.5, 0.6) is 0 Å². The zero-order valence-corrected chi connectivity index (χ0v) is 18.6. The van der Waals surface area contributed by atoms with Gasteiger partial charge in [0.15, 0.2) is 0 Å². The maximum absolute atomic E-state index is 13.4. The van der Waals surface area contributed by atoms with Crippen molar-refractivity contribution in [2.45, 2.75) is 25.0 Å². The number of anilines is 1. The molecule has 33 heavy (non-hydrogen) atoms. The molecule has 1 aliphatic heterocycles. The van der Waals surface area contributed by atoms with E-state index < -0.39 is 5.54 Å². The molecule has 8 nitrogen and oxygen atoms in total. The molecule has 2 heterocycles. The Labute approximate surface area is 193 Å². The molecular formula is C24H26BN5O3. The molecule has 2 aliphatic rings. The second kappa shape index (κ2) is 8.74. The van der Waals surface area contributed by atoms with Gasteiger partial charge >= 0.3 is 0 Å². The molecule has 1 aliphatic carbocycles. The fourth-order valence-corrected chi connectivity index (χ4v) is 4.57. The number of nitrogens with zero attached hydrogens (tertiary/aromatic N) is 3. The van der Waals surface area contributed by atoms with Gasteiger partial charge in [-0.25, -0.2) is 4.98 Å². The Morgan fingerprint density at radius 2 is 2.00 bits per heavy atom. The predicted molar refractivity (Wildman–Crippen MR) is 128 cm³/mol. The first-order chi connectivity index (χ1) is 16.0. The van der Waals surface area contributed by atoms with Crippen LogP contribution >= 0.6 is 0 Å². The molecule has 1 saturated carbocycles. The highest BCUT2D eigenvalue weighted by atomic mass is 16.5. The minimum absolute atomic E-state index is 0.00152. The van der Waals surface area contributed by atoms with Crippen molar-refractivity contribution in [1.29, 1.82) is 0 Å². The molecule has 9 heteroatoms. The van der Waals surface area contributed by atoms with Crippen LogP contribution in [0.2, 0.25) is 0 Å². The summed E-state index contributed by atoms with van der Waals surface area (Å²) in [6.45, 7) is 3.86. The molecule has 0 spiro atoms. The number of piperazine rings is 1. The lowest BCUT2D eigenvalue weighted by molar-refractivity contribution is -0.123. The van der Waals surface area contributed by atoms with Gasteiger partial charge in [0.25, 0.3) is 5.56 Å². The van der Waals surface area contributed by atoms with E-state index in [4.69, 9.17) is 12.6 Å². The second-order valence-electron chi connectivity index (χ2n) is 8.69. The molecule has 168 valence electrons. The average Bonchev–Trinajstić information content (AvgIpc) is 3.63. The predicted octanol–water partition coefficient (Wildman–Crippen LogP) is 0.702. The number of carbonyl (C=O) groups is 1. The Hall–Kier alpha value is -3.01. The number of hydrogen-bond acceptors (Lipinski definition) is 6. The zero-order chi connectivity index (χ0) is 23.0. The number of carbonyl (C=O) groups excluding carboxylic acids is 1. The van der Waals surface area contributed by atoms with Crippen molar-refractivity contribution in [3.63, 3.8) is 0 Å². The van der Waals surface area contributed by atoms with Crippen molar-refractivity contribution in [2.75, 3.05) is 38.6 Å². The van der Waals surface area contributed by atoms with E-state index in [2.05, 4.69) is 20.5 Å². The maximum atomic E-state index is 13.4. The fourth-order valence-electron chi connectivity index (χ4n) is 4.57. The topological polar surface area (TPSA) is 88.5 Å². The number of methoxy groups -OCH3 is 1. The van der Waals surface area contributed by atoms with Crippen LogP contribution in [0, 0.1) is 0 Å². The first kappa shape index (κ1) is 21.8. The molecule has 0 bridgehead atoms. The molecule has 0 unspecified atom stereocenters. The smallest absolute Gasteiger partial charge is 0.265 e. The summed E-state index contributed by atoms with van der Waals surface area (Å²) in [6.07, 6.45) is 3.20. The van der Waals surface area contributed by atoms with Gasteiger partial charge in [-0.05, 0) is 37.1 Å². The second-order valence-corrected chi connectivity index (χ2v) is 8.69. The first-order valence-corrected chi connectivity index (χ1v) is 11.2. The van der Waals surface area contributed by atoms with Gasteiger partial charge < -0.3 is 15.4 Å². The number of ether oxygens (including phenoxy) is 1. The van der Waals surface area contributed by atoms with E-state index in [0.717, 1.165) is 44.6 Å². The van der Waals surface area contributed by atoms with Gasteiger partial charge in [-0.15, -0.1) is 0 Å². The Balaban J connectivity index is 1.49. The molecule has 2 N–H and O–H groups in total. The molecule has 5 rings (SSSR count). The van der Waals surface area contributed by atoms with E-state index in [0.29, 0.717) is 34.3 Å². The lowest BCUT2D eigenvalue weighted by Crippen LogP contribution is -2.54. The molecule has 1 saturated heterocycles. The summed E-state index contributed by atoms with van der Waals surface area (Å²) in [7, 11) is 7.44. The van der Waals surface area contributed by atoms with Crippen LogP contribution in [0.25, 0.3) is 16.6 Å².